The zero-order valence-electron chi connectivity index (χ0n) is 39.7. The molecule has 5 bridgehead atoms. The molecule has 0 aliphatic carbocycles. The van der Waals surface area contributed by atoms with Gasteiger partial charge in [-0.15, -0.1) is 0 Å². The minimum absolute atomic E-state index is 0.0173. The van der Waals surface area contributed by atoms with Crippen LogP contribution in [0.2, 0.25) is 0 Å². The number of allylic oxidation sites excluding steroid dienone is 2. The first-order valence-electron chi connectivity index (χ1n) is 22.9. The van der Waals surface area contributed by atoms with Gasteiger partial charge in [-0.3, -0.25) is 14.4 Å². The van der Waals surface area contributed by atoms with Crippen molar-refractivity contribution in [3.8, 4) is 11.5 Å². The lowest BCUT2D eigenvalue weighted by Gasteiger charge is -2.36. The second kappa shape index (κ2) is 19.4. The Labute approximate surface area is 393 Å². The Morgan fingerprint density at radius 1 is 0.941 bits per heavy atom. The van der Waals surface area contributed by atoms with Gasteiger partial charge in [0, 0.05) is 91.2 Å². The van der Waals surface area contributed by atoms with Gasteiger partial charge >= 0.3 is 5.79 Å². The number of sulfonamides is 1. The second-order valence-corrected chi connectivity index (χ2v) is 20.5. The van der Waals surface area contributed by atoms with E-state index in [4.69, 9.17) is 23.6 Å². The molecule has 0 saturated carbocycles. The van der Waals surface area contributed by atoms with Gasteiger partial charge in [-0.2, -0.15) is 0 Å². The number of rotatable bonds is 6. The highest BCUT2D eigenvalue weighted by Gasteiger charge is 2.44. The summed E-state index contributed by atoms with van der Waals surface area (Å²) < 4.78 is 52.2. The highest BCUT2D eigenvalue weighted by Crippen LogP contribution is 2.42. The van der Waals surface area contributed by atoms with Crippen LogP contribution in [0.25, 0.3) is 38.7 Å². The van der Waals surface area contributed by atoms with Crippen LogP contribution in [-0.4, -0.2) is 107 Å². The van der Waals surface area contributed by atoms with E-state index in [2.05, 4.69) is 10.0 Å². The number of carbonyl (C=O) groups excluding carboxylic acids is 1. The first kappa shape index (κ1) is 50.3. The summed E-state index contributed by atoms with van der Waals surface area (Å²) in [6, 6.07) is 2.67. The summed E-state index contributed by atoms with van der Waals surface area (Å²) >= 11 is 0. The molecule has 368 valence electrons. The van der Waals surface area contributed by atoms with E-state index in [1.54, 1.807) is 52.8 Å². The molecule has 1 aromatic heterocycles. The lowest BCUT2D eigenvalue weighted by Crippen LogP contribution is -2.45. The molecule has 3 aliphatic rings. The van der Waals surface area contributed by atoms with E-state index >= 15 is 0 Å². The maximum atomic E-state index is 14.9. The van der Waals surface area contributed by atoms with Crippen LogP contribution in [0.1, 0.15) is 73.3 Å². The molecule has 19 heteroatoms. The van der Waals surface area contributed by atoms with Crippen molar-refractivity contribution in [2.45, 2.75) is 111 Å². The minimum Gasteiger partial charge on any atom is -0.507 e. The van der Waals surface area contributed by atoms with Gasteiger partial charge in [-0.1, -0.05) is 52.8 Å². The maximum Gasteiger partial charge on any atom is 0.307 e. The smallest absolute Gasteiger partial charge is 0.307 e. The first-order valence-corrected chi connectivity index (χ1v) is 24.6. The summed E-state index contributed by atoms with van der Waals surface area (Å²) in [5, 5.41) is 60.1. The van der Waals surface area contributed by atoms with Gasteiger partial charge < -0.3 is 54.4 Å². The van der Waals surface area contributed by atoms with Crippen molar-refractivity contribution < 1.29 is 57.4 Å². The van der Waals surface area contributed by atoms with Crippen molar-refractivity contribution in [1.82, 2.24) is 9.71 Å². The Kier molecular flexibility index (Phi) is 14.4. The Morgan fingerprint density at radius 3 is 2.26 bits per heavy atom. The summed E-state index contributed by atoms with van der Waals surface area (Å²) in [4.78, 5) is 49.6. The zero-order chi connectivity index (χ0) is 49.7. The van der Waals surface area contributed by atoms with E-state index in [9.17, 15) is 48.3 Å². The first-order chi connectivity index (χ1) is 32.0. The quantitative estimate of drug-likeness (QED) is 0.105. The predicted octanol–water partition coefficient (Wildman–Crippen LogP) is 4.29. The van der Waals surface area contributed by atoms with E-state index in [1.165, 1.54) is 52.4 Å². The number of anilines is 2. The maximum absolute atomic E-state index is 14.9. The largest absolute Gasteiger partial charge is 0.507 e. The van der Waals surface area contributed by atoms with Crippen LogP contribution in [0, 0.1) is 30.6 Å². The molecule has 0 unspecified atom stereocenters. The third-order valence-electron chi connectivity index (χ3n) is 13.8. The van der Waals surface area contributed by atoms with Crippen molar-refractivity contribution >= 4 is 66.0 Å². The topological polar surface area (TPSA) is 268 Å². The number of hydrogen-bond acceptors (Lipinski definition) is 16. The summed E-state index contributed by atoms with van der Waals surface area (Å²) in [7, 11) is -2.01. The molecule has 1 fully saturated rings. The average Bonchev–Trinajstić information content (AvgIpc) is 3.57. The number of nitrogens with zero attached hydrogens (tertiary/aromatic N) is 2. The molecule has 1 saturated heterocycles. The summed E-state index contributed by atoms with van der Waals surface area (Å²) in [5.41, 5.74) is -1.97. The van der Waals surface area contributed by atoms with Crippen molar-refractivity contribution in [2.75, 3.05) is 36.2 Å². The number of fused-ring (bicyclic) bond motifs is 5. The Hall–Kier alpha value is -5.57. The van der Waals surface area contributed by atoms with Gasteiger partial charge in [0.2, 0.25) is 20.9 Å². The zero-order valence-corrected chi connectivity index (χ0v) is 40.5. The molecule has 7 rings (SSSR count). The van der Waals surface area contributed by atoms with Crippen LogP contribution in [0.15, 0.2) is 62.3 Å². The summed E-state index contributed by atoms with van der Waals surface area (Å²) in [6.07, 6.45) is 4.69. The Balaban J connectivity index is 1.43. The highest BCUT2D eigenvalue weighted by molar-refractivity contribution is 7.89. The average molecular weight is 963 g/mol. The molecule has 7 N–H and O–H groups in total. The normalized spacial score (nSPS) is 29.8. The van der Waals surface area contributed by atoms with Crippen LogP contribution in [0.3, 0.4) is 0 Å². The molecule has 0 spiro atoms. The number of carbonyl (C=O) groups is 1. The van der Waals surface area contributed by atoms with Crippen molar-refractivity contribution in [3.05, 3.63) is 79.5 Å². The number of methoxy groups -OCH3 is 1. The number of aliphatic hydroxyl groups excluding tert-OH is 4. The third-order valence-corrected chi connectivity index (χ3v) is 15.5. The molecule has 0 radical (unpaired) electrons. The minimum atomic E-state index is -3.44. The van der Waals surface area contributed by atoms with Crippen molar-refractivity contribution in [1.29, 1.82) is 0 Å². The van der Waals surface area contributed by atoms with Crippen LogP contribution >= 0.6 is 0 Å². The number of piperidine rings is 1. The number of nitrogens with one attached hydrogen (secondary N) is 2. The number of amides is 1. The van der Waals surface area contributed by atoms with Gasteiger partial charge in [-0.25, -0.2) is 18.1 Å². The fourth-order valence-corrected chi connectivity index (χ4v) is 10.9. The van der Waals surface area contributed by atoms with Crippen LogP contribution in [-0.2, 0) is 24.3 Å². The molecule has 1 amide bonds. The summed E-state index contributed by atoms with van der Waals surface area (Å²) in [5.74, 6) is -6.46. The highest BCUT2D eigenvalue weighted by atomic mass is 32.2. The lowest BCUT2D eigenvalue weighted by molar-refractivity contribution is -0.112. The molecule has 4 heterocycles. The molecule has 3 aliphatic heterocycles. The fourth-order valence-electron chi connectivity index (χ4n) is 9.51. The van der Waals surface area contributed by atoms with E-state index in [0.717, 1.165) is 0 Å². The van der Waals surface area contributed by atoms with Crippen LogP contribution in [0.5, 0.6) is 11.5 Å². The van der Waals surface area contributed by atoms with Gasteiger partial charge in [0.05, 0.1) is 47.0 Å². The molecule has 18 nitrogen and oxygen atoms in total. The fraction of sp³-hybridized carbons (Fsp3) is 0.510. The SMILES string of the molecule is CCCS(=O)(=O)NC1CCN(c2cc(=O)c3nc4c(oc3c2)c2c(=O)c3c(O)c(C)c5c(c34)=C(O)[C@@](C)(O/C=C/[C@H](OC)[C@H](C)[C@@H](O)[C@@H](C)[C@H](O)[C@H](C)[C@@H](O)[C@@H](C)/C=C/C=C(/C)C(=O)N2)O5)CC1. The van der Waals surface area contributed by atoms with E-state index in [-0.39, 0.29) is 66.9 Å². The summed E-state index contributed by atoms with van der Waals surface area (Å²) in [6.45, 7) is 13.8. The van der Waals surface area contributed by atoms with Gasteiger partial charge in [0.15, 0.2) is 22.4 Å². The standard InChI is InChI=1S/C49H62N4O14S/c1-10-20-68(62,63)52-29-14-17-53(18-15-29)30-21-31(54)37-33(22-30)66-46-38(50-37)34-35-43(58)28(7)45-36(34)47(60)49(8,67-45)65-19-16-32(64-9)25(4)41(56)27(6)42(57)26(5)40(55)23(2)12-11-13-24(3)48(61)51-39(46)44(35)59/h11-13,16,19,21-23,25-27,29,32,40-42,52,55-58,60H,10,14-15,17-18,20H2,1-9H3,(H,51,61)/b12-11+,19-16+,24-13-/t23-,25-,26+,27+,32-,40-,41+,42+,49-/m0/s1. The number of aromatic nitrogens is 1. The van der Waals surface area contributed by atoms with Gasteiger partial charge in [0.25, 0.3) is 5.91 Å². The molecular weight excluding hydrogens is 901 g/mol. The number of phenolic OH excluding ortho intramolecular Hbond substituents is 1. The predicted molar refractivity (Wildman–Crippen MR) is 258 cm³/mol. The molecule has 4 aromatic rings. The number of phenols is 1. The number of aliphatic hydroxyl groups is 4. The second-order valence-electron chi connectivity index (χ2n) is 18.7. The van der Waals surface area contributed by atoms with Crippen LogP contribution < -0.4 is 35.8 Å². The monoisotopic (exact) mass is 962 g/mol. The molecular formula is C49H62N4O14S. The van der Waals surface area contributed by atoms with Crippen molar-refractivity contribution in [3.63, 3.8) is 0 Å². The molecule has 9 atom stereocenters. The van der Waals surface area contributed by atoms with Crippen molar-refractivity contribution in [2.24, 2.45) is 23.7 Å². The number of aromatic hydroxyl groups is 1. The number of ether oxygens (including phenoxy) is 3. The molecule has 3 aromatic carbocycles. The van der Waals surface area contributed by atoms with E-state index in [0.29, 0.717) is 38.0 Å². The van der Waals surface area contributed by atoms with Crippen LogP contribution in [0.4, 0.5) is 11.4 Å². The Morgan fingerprint density at radius 2 is 1.60 bits per heavy atom. The Bertz CT molecular complexity index is 3020. The lowest BCUT2D eigenvalue weighted by atomic mass is 9.78. The third kappa shape index (κ3) is 9.31. The van der Waals surface area contributed by atoms with Gasteiger partial charge in [-0.05, 0) is 39.2 Å². The number of hydrogen-bond donors (Lipinski definition) is 7. The van der Waals surface area contributed by atoms with E-state index < -0.39 is 97.9 Å². The van der Waals surface area contributed by atoms with E-state index in [1.807, 2.05) is 4.90 Å². The van der Waals surface area contributed by atoms with Gasteiger partial charge in [0.1, 0.15) is 22.7 Å². The molecule has 68 heavy (non-hydrogen) atoms. The number of benzene rings is 3.